The third kappa shape index (κ3) is 4.24. The zero-order valence-electron chi connectivity index (χ0n) is 16.7. The number of carbonyl (C=O) groups excluding carboxylic acids is 1. The van der Waals surface area contributed by atoms with E-state index in [1.807, 2.05) is 0 Å². The fourth-order valence-corrected chi connectivity index (χ4v) is 4.25. The van der Waals surface area contributed by atoms with E-state index in [0.717, 1.165) is 36.8 Å². The second kappa shape index (κ2) is 8.20. The molecule has 2 N–H and O–H groups in total. The SMILES string of the molecule is COc1ccc(C2CC(C(F)(F)F)n3nc(C(=O)NC4CCCCC4)cc3N2)cc1. The van der Waals surface area contributed by atoms with Gasteiger partial charge in [0.15, 0.2) is 11.7 Å². The first-order valence-corrected chi connectivity index (χ1v) is 10.2. The van der Waals surface area contributed by atoms with E-state index in [-0.39, 0.29) is 24.0 Å². The van der Waals surface area contributed by atoms with E-state index in [9.17, 15) is 18.0 Å². The molecule has 2 atom stereocenters. The van der Waals surface area contributed by atoms with Gasteiger partial charge in [0.2, 0.25) is 0 Å². The Morgan fingerprint density at radius 2 is 1.90 bits per heavy atom. The smallest absolute Gasteiger partial charge is 0.410 e. The van der Waals surface area contributed by atoms with Crippen LogP contribution in [0.1, 0.15) is 66.7 Å². The molecule has 1 aromatic carbocycles. The minimum absolute atomic E-state index is 0.00713. The molecule has 162 valence electrons. The van der Waals surface area contributed by atoms with Gasteiger partial charge in [-0.3, -0.25) is 4.79 Å². The number of benzene rings is 1. The van der Waals surface area contributed by atoms with Gasteiger partial charge in [0.05, 0.1) is 13.2 Å². The van der Waals surface area contributed by atoms with E-state index in [1.54, 1.807) is 24.3 Å². The van der Waals surface area contributed by atoms with Crippen molar-refractivity contribution in [3.05, 3.63) is 41.6 Å². The van der Waals surface area contributed by atoms with Crippen molar-refractivity contribution in [3.8, 4) is 5.75 Å². The van der Waals surface area contributed by atoms with E-state index in [0.29, 0.717) is 11.3 Å². The minimum Gasteiger partial charge on any atom is -0.497 e. The van der Waals surface area contributed by atoms with Gasteiger partial charge in [-0.15, -0.1) is 0 Å². The Labute approximate surface area is 172 Å². The Hall–Kier alpha value is -2.71. The number of fused-ring (bicyclic) bond motifs is 1. The lowest BCUT2D eigenvalue weighted by Gasteiger charge is -2.33. The van der Waals surface area contributed by atoms with Gasteiger partial charge < -0.3 is 15.4 Å². The number of alkyl halides is 3. The molecule has 1 amide bonds. The molecule has 0 spiro atoms. The number of nitrogens with one attached hydrogen (secondary N) is 2. The summed E-state index contributed by atoms with van der Waals surface area (Å²) in [5.74, 6) is 0.402. The van der Waals surface area contributed by atoms with Gasteiger partial charge in [0.1, 0.15) is 11.6 Å². The lowest BCUT2D eigenvalue weighted by atomic mass is 9.95. The molecular formula is C21H25F3N4O2. The maximum absolute atomic E-state index is 13.8. The predicted molar refractivity (Wildman–Crippen MR) is 106 cm³/mol. The molecule has 1 aromatic heterocycles. The van der Waals surface area contributed by atoms with Crippen molar-refractivity contribution in [2.75, 3.05) is 12.4 Å². The third-order valence-electron chi connectivity index (χ3n) is 5.88. The van der Waals surface area contributed by atoms with Crippen molar-refractivity contribution in [2.24, 2.45) is 0 Å². The molecule has 0 radical (unpaired) electrons. The molecule has 2 aromatic rings. The summed E-state index contributed by atoms with van der Waals surface area (Å²) < 4.78 is 47.4. The molecule has 1 aliphatic heterocycles. The summed E-state index contributed by atoms with van der Waals surface area (Å²) in [6, 6.07) is 6.02. The van der Waals surface area contributed by atoms with Crippen LogP contribution in [0.15, 0.2) is 30.3 Å². The number of amides is 1. The highest BCUT2D eigenvalue weighted by atomic mass is 19.4. The highest BCUT2D eigenvalue weighted by Gasteiger charge is 2.46. The van der Waals surface area contributed by atoms with Crippen LogP contribution >= 0.6 is 0 Å². The first-order chi connectivity index (χ1) is 14.3. The maximum Gasteiger partial charge on any atom is 0.410 e. The monoisotopic (exact) mass is 422 g/mol. The summed E-state index contributed by atoms with van der Waals surface area (Å²) >= 11 is 0. The van der Waals surface area contributed by atoms with Crippen LogP contribution < -0.4 is 15.4 Å². The van der Waals surface area contributed by atoms with Gasteiger partial charge >= 0.3 is 6.18 Å². The standard InChI is InChI=1S/C21H25F3N4O2/c1-30-15-9-7-13(8-10-15)16-11-18(21(22,23)24)28-19(26-16)12-17(27-28)20(29)25-14-5-3-2-4-6-14/h7-10,12,14,16,18,26H,2-6,11H2,1H3,(H,25,29). The van der Waals surface area contributed by atoms with Crippen LogP contribution in [-0.4, -0.2) is 35.0 Å². The number of ether oxygens (including phenoxy) is 1. The number of carbonyl (C=O) groups is 1. The van der Waals surface area contributed by atoms with Crippen molar-refractivity contribution in [1.82, 2.24) is 15.1 Å². The molecule has 9 heteroatoms. The molecule has 2 heterocycles. The van der Waals surface area contributed by atoms with E-state index in [2.05, 4.69) is 15.7 Å². The van der Waals surface area contributed by atoms with Gasteiger partial charge in [-0.25, -0.2) is 4.68 Å². The fraction of sp³-hybridized carbons (Fsp3) is 0.524. The molecule has 0 bridgehead atoms. The Bertz CT molecular complexity index is 889. The van der Waals surface area contributed by atoms with Crippen LogP contribution in [0.2, 0.25) is 0 Å². The molecule has 30 heavy (non-hydrogen) atoms. The van der Waals surface area contributed by atoms with Gasteiger partial charge in [-0.1, -0.05) is 31.4 Å². The summed E-state index contributed by atoms with van der Waals surface area (Å²) in [5, 5.41) is 10.0. The topological polar surface area (TPSA) is 68.2 Å². The first kappa shape index (κ1) is 20.6. The summed E-state index contributed by atoms with van der Waals surface area (Å²) in [5.41, 5.74) is 0.721. The molecule has 1 saturated carbocycles. The van der Waals surface area contributed by atoms with Crippen LogP contribution in [-0.2, 0) is 0 Å². The predicted octanol–water partition coefficient (Wildman–Crippen LogP) is 4.61. The fourth-order valence-electron chi connectivity index (χ4n) is 4.25. The minimum atomic E-state index is -4.48. The van der Waals surface area contributed by atoms with E-state index in [1.165, 1.54) is 13.2 Å². The van der Waals surface area contributed by atoms with Crippen LogP contribution in [0, 0.1) is 0 Å². The Kier molecular flexibility index (Phi) is 5.62. The van der Waals surface area contributed by atoms with Crippen LogP contribution in [0.3, 0.4) is 0 Å². The van der Waals surface area contributed by atoms with Crippen molar-refractivity contribution < 1.29 is 22.7 Å². The van der Waals surface area contributed by atoms with Crippen LogP contribution in [0.5, 0.6) is 5.75 Å². The Balaban J connectivity index is 1.58. The van der Waals surface area contributed by atoms with Crippen molar-refractivity contribution in [3.63, 3.8) is 0 Å². The summed E-state index contributed by atoms with van der Waals surface area (Å²) in [4.78, 5) is 12.6. The van der Waals surface area contributed by atoms with Crippen molar-refractivity contribution >= 4 is 11.7 Å². The van der Waals surface area contributed by atoms with Crippen molar-refractivity contribution in [1.29, 1.82) is 0 Å². The molecule has 4 rings (SSSR count). The second-order valence-electron chi connectivity index (χ2n) is 7.93. The van der Waals surface area contributed by atoms with Crippen LogP contribution in [0.25, 0.3) is 0 Å². The highest BCUT2D eigenvalue weighted by Crippen LogP contribution is 2.43. The second-order valence-corrected chi connectivity index (χ2v) is 7.93. The van der Waals surface area contributed by atoms with Gasteiger partial charge in [-0.05, 0) is 30.5 Å². The number of hydrogen-bond donors (Lipinski definition) is 2. The number of hydrogen-bond acceptors (Lipinski definition) is 4. The van der Waals surface area contributed by atoms with Gasteiger partial charge in [0, 0.05) is 18.5 Å². The normalized spacial score (nSPS) is 22.1. The van der Waals surface area contributed by atoms with Gasteiger partial charge in [0.25, 0.3) is 5.91 Å². The summed E-state index contributed by atoms with van der Waals surface area (Å²) in [6.45, 7) is 0. The Morgan fingerprint density at radius 3 is 2.53 bits per heavy atom. The van der Waals surface area contributed by atoms with Crippen LogP contribution in [0.4, 0.5) is 19.0 Å². The third-order valence-corrected chi connectivity index (χ3v) is 5.88. The average Bonchev–Trinajstić information content (AvgIpc) is 3.17. The first-order valence-electron chi connectivity index (χ1n) is 10.2. The van der Waals surface area contributed by atoms with E-state index < -0.39 is 24.2 Å². The largest absolute Gasteiger partial charge is 0.497 e. The van der Waals surface area contributed by atoms with E-state index in [4.69, 9.17) is 4.74 Å². The zero-order valence-corrected chi connectivity index (χ0v) is 16.7. The lowest BCUT2D eigenvalue weighted by Crippen LogP contribution is -2.37. The molecule has 0 saturated heterocycles. The number of halogens is 3. The lowest BCUT2D eigenvalue weighted by molar-refractivity contribution is -0.173. The Morgan fingerprint density at radius 1 is 1.20 bits per heavy atom. The molecule has 6 nitrogen and oxygen atoms in total. The van der Waals surface area contributed by atoms with Crippen molar-refractivity contribution in [2.45, 2.75) is 62.8 Å². The number of anilines is 1. The number of methoxy groups -OCH3 is 1. The summed E-state index contributed by atoms with van der Waals surface area (Å²) in [7, 11) is 1.53. The average molecular weight is 422 g/mol. The highest BCUT2D eigenvalue weighted by molar-refractivity contribution is 5.93. The van der Waals surface area contributed by atoms with Gasteiger partial charge in [-0.2, -0.15) is 18.3 Å². The molecule has 2 unspecified atom stereocenters. The molecule has 1 aliphatic carbocycles. The number of rotatable bonds is 4. The summed E-state index contributed by atoms with van der Waals surface area (Å²) in [6.07, 6.45) is 0.330. The van der Waals surface area contributed by atoms with E-state index >= 15 is 0 Å². The number of nitrogens with zero attached hydrogens (tertiary/aromatic N) is 2. The quantitative estimate of drug-likeness (QED) is 0.755. The zero-order chi connectivity index (χ0) is 21.3. The maximum atomic E-state index is 13.8. The molecule has 1 fully saturated rings. The molecular weight excluding hydrogens is 397 g/mol. The molecule has 2 aliphatic rings. The number of aromatic nitrogens is 2.